The maximum absolute atomic E-state index is 11.8. The molecule has 1 saturated heterocycles. The number of hydrogen-bond acceptors (Lipinski definition) is 10. The van der Waals surface area contributed by atoms with Crippen molar-refractivity contribution in [3.63, 3.8) is 0 Å². The average molecular weight is 502 g/mol. The van der Waals surface area contributed by atoms with E-state index in [1.165, 1.54) is 12.3 Å². The Morgan fingerprint density at radius 3 is 2.63 bits per heavy atom. The second-order valence-electron chi connectivity index (χ2n) is 8.26. The fourth-order valence-electron chi connectivity index (χ4n) is 4.20. The molecule has 0 spiro atoms. The van der Waals surface area contributed by atoms with Gasteiger partial charge in [0.15, 0.2) is 22.5 Å². The van der Waals surface area contributed by atoms with Gasteiger partial charge in [0, 0.05) is 38.8 Å². The molecule has 0 saturated carbocycles. The van der Waals surface area contributed by atoms with Crippen molar-refractivity contribution in [1.29, 1.82) is 0 Å². The first kappa shape index (κ1) is 24.4. The lowest BCUT2D eigenvalue weighted by Crippen LogP contribution is -2.39. The molecule has 0 atom stereocenters. The van der Waals surface area contributed by atoms with E-state index in [1.807, 2.05) is 9.80 Å². The minimum absolute atomic E-state index is 0.00284. The first-order chi connectivity index (χ1) is 16.8. The number of likely N-dealkylation sites (tertiary alicyclic amines) is 1. The Bertz CT molecular complexity index is 1140. The first-order valence-corrected chi connectivity index (χ1v) is 11.9. The quantitative estimate of drug-likeness (QED) is 0.440. The highest BCUT2D eigenvalue weighted by atomic mass is 32.2. The highest BCUT2D eigenvalue weighted by molar-refractivity contribution is 8.14. The van der Waals surface area contributed by atoms with Gasteiger partial charge in [-0.1, -0.05) is 6.58 Å². The molecule has 0 aliphatic carbocycles. The Kier molecular flexibility index (Phi) is 7.15. The van der Waals surface area contributed by atoms with Gasteiger partial charge in [-0.15, -0.1) is 0 Å². The molecular weight excluding hydrogens is 474 g/mol. The smallest absolute Gasteiger partial charge is 0.287 e. The van der Waals surface area contributed by atoms with E-state index in [-0.39, 0.29) is 24.2 Å². The van der Waals surface area contributed by atoms with Crippen LogP contribution in [0, 0.1) is 16.0 Å². The van der Waals surface area contributed by atoms with E-state index in [1.54, 1.807) is 13.0 Å². The van der Waals surface area contributed by atoms with Crippen molar-refractivity contribution in [2.45, 2.75) is 31.1 Å². The number of hydrogen-bond donors (Lipinski definition) is 2. The number of fused-ring (bicyclic) bond motifs is 1. The zero-order valence-corrected chi connectivity index (χ0v) is 20.1. The van der Waals surface area contributed by atoms with Crippen LogP contribution in [-0.2, 0) is 4.79 Å². The van der Waals surface area contributed by atoms with Crippen LogP contribution in [-0.4, -0.2) is 58.1 Å². The van der Waals surface area contributed by atoms with Gasteiger partial charge in [-0.3, -0.25) is 14.9 Å². The fraction of sp³-hybridized carbons (Fsp3) is 0.409. The number of carbonyl (C=O) groups excluding carboxylic acids is 1. The number of nitrogens with zero attached hydrogens (tertiary/aromatic N) is 5. The number of benzene rings is 1. The summed E-state index contributed by atoms with van der Waals surface area (Å²) in [5.74, 6) is 1.67. The number of carbonyl (C=O) groups is 1. The third-order valence-corrected chi connectivity index (χ3v) is 7.11. The van der Waals surface area contributed by atoms with Crippen molar-refractivity contribution < 1.29 is 19.2 Å². The molecule has 3 aliphatic heterocycles. The zero-order valence-electron chi connectivity index (χ0n) is 19.3. The number of amides is 1. The molecule has 3 aliphatic rings. The summed E-state index contributed by atoms with van der Waals surface area (Å²) in [6.45, 7) is 7.27. The number of amidine groups is 2. The SMILES string of the molecule is C=C/N=C1\C(=C(N)N)N=C(Sc2cc3c(cc2[N+](=O)[O-])OCO3)N1CCC1CCN(C(C)=O)CC1. The molecule has 0 unspecified atom stereocenters. The molecule has 12 nitrogen and oxygen atoms in total. The number of rotatable bonds is 6. The molecule has 4 N–H and O–H groups in total. The monoisotopic (exact) mass is 501 g/mol. The summed E-state index contributed by atoms with van der Waals surface area (Å²) in [6.07, 6.45) is 3.98. The summed E-state index contributed by atoms with van der Waals surface area (Å²) < 4.78 is 10.7. The molecule has 4 rings (SSSR count). The second kappa shape index (κ2) is 10.3. The molecule has 1 fully saturated rings. The molecule has 13 heteroatoms. The van der Waals surface area contributed by atoms with E-state index in [9.17, 15) is 14.9 Å². The van der Waals surface area contributed by atoms with Crippen molar-refractivity contribution in [3.05, 3.63) is 46.5 Å². The predicted molar refractivity (Wildman–Crippen MR) is 132 cm³/mol. The van der Waals surface area contributed by atoms with Crippen molar-refractivity contribution in [2.24, 2.45) is 27.4 Å². The van der Waals surface area contributed by atoms with E-state index < -0.39 is 4.92 Å². The van der Waals surface area contributed by atoms with Crippen LogP contribution >= 0.6 is 11.8 Å². The van der Waals surface area contributed by atoms with Crippen LogP contribution in [0.3, 0.4) is 0 Å². The number of ether oxygens (including phenoxy) is 2. The molecule has 1 aromatic rings. The number of nitro benzene ring substituents is 1. The lowest BCUT2D eigenvalue weighted by atomic mass is 9.93. The van der Waals surface area contributed by atoms with Gasteiger partial charge in [0.2, 0.25) is 12.7 Å². The lowest BCUT2D eigenvalue weighted by Gasteiger charge is -2.32. The maximum Gasteiger partial charge on any atom is 0.287 e. The van der Waals surface area contributed by atoms with Crippen molar-refractivity contribution in [1.82, 2.24) is 9.80 Å². The number of nitro groups is 1. The number of piperidine rings is 1. The van der Waals surface area contributed by atoms with Crippen LogP contribution in [0.1, 0.15) is 26.2 Å². The normalized spacial score (nSPS) is 18.7. The molecule has 186 valence electrons. The van der Waals surface area contributed by atoms with Crippen LogP contribution in [0.25, 0.3) is 0 Å². The van der Waals surface area contributed by atoms with E-state index in [0.717, 1.165) is 44.1 Å². The van der Waals surface area contributed by atoms with Crippen LogP contribution in [0.15, 0.2) is 51.3 Å². The van der Waals surface area contributed by atoms with Gasteiger partial charge in [0.1, 0.15) is 11.5 Å². The summed E-state index contributed by atoms with van der Waals surface area (Å²) in [5.41, 5.74) is 11.9. The number of nitrogens with two attached hydrogens (primary N) is 2. The van der Waals surface area contributed by atoms with Crippen LogP contribution in [0.2, 0.25) is 0 Å². The second-order valence-corrected chi connectivity index (χ2v) is 9.26. The molecule has 3 heterocycles. The minimum Gasteiger partial charge on any atom is -0.454 e. The van der Waals surface area contributed by atoms with Gasteiger partial charge in [-0.2, -0.15) is 0 Å². The number of aliphatic imine (C=N–C) groups is 2. The van der Waals surface area contributed by atoms with Gasteiger partial charge >= 0.3 is 0 Å². The Morgan fingerprint density at radius 2 is 2.03 bits per heavy atom. The molecule has 0 radical (unpaired) electrons. The molecule has 0 aromatic heterocycles. The van der Waals surface area contributed by atoms with Gasteiger partial charge in [-0.25, -0.2) is 9.98 Å². The van der Waals surface area contributed by atoms with Crippen molar-refractivity contribution in [2.75, 3.05) is 26.4 Å². The van der Waals surface area contributed by atoms with Gasteiger partial charge < -0.3 is 30.7 Å². The molecule has 1 amide bonds. The highest BCUT2D eigenvalue weighted by Crippen LogP contribution is 2.43. The van der Waals surface area contributed by atoms with Crippen molar-refractivity contribution >= 4 is 34.4 Å². The molecule has 0 bridgehead atoms. The average Bonchev–Trinajstić information content (AvgIpc) is 3.42. The maximum atomic E-state index is 11.8. The Hall–Kier alpha value is -3.74. The van der Waals surface area contributed by atoms with Crippen molar-refractivity contribution in [3.8, 4) is 11.5 Å². The lowest BCUT2D eigenvalue weighted by molar-refractivity contribution is -0.387. The van der Waals surface area contributed by atoms with E-state index >= 15 is 0 Å². The predicted octanol–water partition coefficient (Wildman–Crippen LogP) is 2.36. The summed E-state index contributed by atoms with van der Waals surface area (Å²) in [7, 11) is 0. The Balaban J connectivity index is 1.59. The fourth-order valence-corrected chi connectivity index (χ4v) is 5.22. The third-order valence-electron chi connectivity index (χ3n) is 6.07. The molecule has 35 heavy (non-hydrogen) atoms. The van der Waals surface area contributed by atoms with Gasteiger partial charge in [0.05, 0.1) is 15.9 Å². The van der Waals surface area contributed by atoms with Crippen LogP contribution < -0.4 is 20.9 Å². The van der Waals surface area contributed by atoms with Gasteiger partial charge in [-0.05, 0) is 36.9 Å². The summed E-state index contributed by atoms with van der Waals surface area (Å²) in [6, 6.07) is 2.92. The van der Waals surface area contributed by atoms with E-state index in [0.29, 0.717) is 45.6 Å². The summed E-state index contributed by atoms with van der Waals surface area (Å²) in [4.78, 5) is 35.9. The topological polar surface area (TPSA) is 162 Å². The first-order valence-electron chi connectivity index (χ1n) is 11.1. The molecule has 1 aromatic carbocycles. The van der Waals surface area contributed by atoms with E-state index in [4.69, 9.17) is 20.9 Å². The van der Waals surface area contributed by atoms with E-state index in [2.05, 4.69) is 16.6 Å². The highest BCUT2D eigenvalue weighted by Gasteiger charge is 2.34. The summed E-state index contributed by atoms with van der Waals surface area (Å²) in [5, 5.41) is 12.2. The van der Waals surface area contributed by atoms with Crippen LogP contribution in [0.4, 0.5) is 5.69 Å². The number of thioether (sulfide) groups is 1. The Labute approximate surface area is 206 Å². The standard InChI is InChI=1S/C22H27N7O5S/c1-3-25-21-19(20(23)24)26-22(28(21)9-6-14-4-7-27(8-5-14)13(2)30)35-18-11-17-16(33-12-34-17)10-15(18)29(31)32/h3,10-11,14H,1,4-9,12,23-24H2,2H3/b25-21+. The van der Waals surface area contributed by atoms with Gasteiger partial charge in [0.25, 0.3) is 5.69 Å². The molecular formula is C22H27N7O5S. The minimum atomic E-state index is -0.472. The largest absolute Gasteiger partial charge is 0.454 e. The third kappa shape index (κ3) is 5.19. The zero-order chi connectivity index (χ0) is 25.1. The summed E-state index contributed by atoms with van der Waals surface area (Å²) >= 11 is 1.11. The Morgan fingerprint density at radius 1 is 1.34 bits per heavy atom. The van der Waals surface area contributed by atoms with Crippen LogP contribution in [0.5, 0.6) is 11.5 Å².